The summed E-state index contributed by atoms with van der Waals surface area (Å²) in [5.41, 5.74) is 4.93. The van der Waals surface area contributed by atoms with E-state index in [1.54, 1.807) is 0 Å². The third-order valence-electron chi connectivity index (χ3n) is 5.89. The zero-order valence-corrected chi connectivity index (χ0v) is 15.5. The van der Waals surface area contributed by atoms with Crippen molar-refractivity contribution in [3.8, 4) is 5.75 Å². The molecule has 5 rings (SSSR count). The summed E-state index contributed by atoms with van der Waals surface area (Å²) in [6, 6.07) is 14.6. The van der Waals surface area contributed by atoms with Crippen molar-refractivity contribution in [1.29, 1.82) is 0 Å². The first-order valence-corrected chi connectivity index (χ1v) is 9.71. The number of ether oxygens (including phenoxy) is 1. The Morgan fingerprint density at radius 1 is 1.04 bits per heavy atom. The van der Waals surface area contributed by atoms with E-state index in [1.165, 1.54) is 11.1 Å². The highest BCUT2D eigenvalue weighted by Gasteiger charge is 2.26. The minimum Gasteiger partial charge on any atom is -0.478 e. The fourth-order valence-electron chi connectivity index (χ4n) is 4.49. The molecule has 1 aliphatic heterocycles. The SMILES string of the molecule is C[C@@H](CN1COc2ccc3c4c(c(=O)oc3c2C1)CCC4)c1ccccc1. The first-order chi connectivity index (χ1) is 13.2. The molecule has 2 aliphatic rings. The normalized spacial score (nSPS) is 17.4. The van der Waals surface area contributed by atoms with Crippen LogP contribution in [0.4, 0.5) is 0 Å². The van der Waals surface area contributed by atoms with Gasteiger partial charge in [-0.1, -0.05) is 37.3 Å². The van der Waals surface area contributed by atoms with Gasteiger partial charge in [-0.3, -0.25) is 4.90 Å². The van der Waals surface area contributed by atoms with Gasteiger partial charge in [-0.05, 0) is 48.4 Å². The number of aryl methyl sites for hydroxylation is 1. The molecule has 4 nitrogen and oxygen atoms in total. The van der Waals surface area contributed by atoms with Crippen LogP contribution in [-0.4, -0.2) is 18.2 Å². The van der Waals surface area contributed by atoms with Crippen LogP contribution in [-0.2, 0) is 19.4 Å². The molecule has 2 heterocycles. The molecular weight excluding hydrogens is 338 g/mol. The standard InChI is InChI=1S/C23H23NO3/c1-15(16-6-3-2-4-7-16)12-24-13-20-21(26-14-24)11-10-18-17-8-5-9-19(17)23(25)27-22(18)20/h2-4,6-7,10-11,15H,5,8-9,12-14H2,1H3/t15-/m0/s1. The van der Waals surface area contributed by atoms with Crippen molar-refractivity contribution in [3.63, 3.8) is 0 Å². The van der Waals surface area contributed by atoms with Gasteiger partial charge >= 0.3 is 5.63 Å². The maximum absolute atomic E-state index is 12.4. The smallest absolute Gasteiger partial charge is 0.339 e. The molecule has 0 spiro atoms. The number of nitrogens with zero attached hydrogens (tertiary/aromatic N) is 1. The van der Waals surface area contributed by atoms with Crippen molar-refractivity contribution in [1.82, 2.24) is 4.90 Å². The lowest BCUT2D eigenvalue weighted by atomic mass is 9.99. The molecule has 0 amide bonds. The molecule has 4 heteroatoms. The fourth-order valence-corrected chi connectivity index (χ4v) is 4.49. The zero-order valence-electron chi connectivity index (χ0n) is 15.5. The molecule has 0 fully saturated rings. The van der Waals surface area contributed by atoms with E-state index in [2.05, 4.69) is 42.2 Å². The van der Waals surface area contributed by atoms with E-state index in [0.29, 0.717) is 12.6 Å². The molecule has 1 atom stereocenters. The van der Waals surface area contributed by atoms with E-state index in [4.69, 9.17) is 9.15 Å². The van der Waals surface area contributed by atoms with Crippen molar-refractivity contribution >= 4 is 11.0 Å². The molecule has 0 saturated heterocycles. The molecule has 0 N–H and O–H groups in total. The molecule has 0 radical (unpaired) electrons. The van der Waals surface area contributed by atoms with Crippen LogP contribution in [0.3, 0.4) is 0 Å². The van der Waals surface area contributed by atoms with Crippen LogP contribution in [0.1, 0.15) is 41.5 Å². The number of hydrogen-bond donors (Lipinski definition) is 0. The first-order valence-electron chi connectivity index (χ1n) is 9.71. The van der Waals surface area contributed by atoms with Crippen molar-refractivity contribution < 1.29 is 9.15 Å². The number of rotatable bonds is 3. The van der Waals surface area contributed by atoms with Crippen LogP contribution in [0.25, 0.3) is 11.0 Å². The Kier molecular flexibility index (Phi) is 4.01. The predicted molar refractivity (Wildman–Crippen MR) is 105 cm³/mol. The highest BCUT2D eigenvalue weighted by Crippen LogP contribution is 2.36. The Balaban J connectivity index is 1.49. The van der Waals surface area contributed by atoms with Crippen molar-refractivity contribution in [2.45, 2.75) is 38.6 Å². The minimum atomic E-state index is -0.168. The minimum absolute atomic E-state index is 0.168. The monoisotopic (exact) mass is 361 g/mol. The third kappa shape index (κ3) is 2.85. The van der Waals surface area contributed by atoms with Gasteiger partial charge in [0, 0.05) is 24.0 Å². The molecular formula is C23H23NO3. The fraction of sp³-hybridized carbons (Fsp3) is 0.348. The second-order valence-electron chi connectivity index (χ2n) is 7.72. The van der Waals surface area contributed by atoms with Crippen LogP contribution < -0.4 is 10.4 Å². The lowest BCUT2D eigenvalue weighted by molar-refractivity contribution is 0.0909. The summed E-state index contributed by atoms with van der Waals surface area (Å²) in [4.78, 5) is 14.7. The summed E-state index contributed by atoms with van der Waals surface area (Å²) in [5.74, 6) is 1.25. The van der Waals surface area contributed by atoms with E-state index in [0.717, 1.165) is 60.2 Å². The third-order valence-corrected chi connectivity index (χ3v) is 5.89. The Morgan fingerprint density at radius 3 is 2.70 bits per heavy atom. The molecule has 1 aliphatic carbocycles. The Labute approximate surface area is 158 Å². The van der Waals surface area contributed by atoms with Gasteiger partial charge in [0.15, 0.2) is 0 Å². The van der Waals surface area contributed by atoms with Crippen LogP contribution in [0.5, 0.6) is 5.75 Å². The summed E-state index contributed by atoms with van der Waals surface area (Å²) in [6.07, 6.45) is 2.83. The molecule has 27 heavy (non-hydrogen) atoms. The number of fused-ring (bicyclic) bond motifs is 5. The van der Waals surface area contributed by atoms with E-state index in [1.807, 2.05) is 12.1 Å². The van der Waals surface area contributed by atoms with Gasteiger partial charge in [0.2, 0.25) is 0 Å². The van der Waals surface area contributed by atoms with Crippen molar-refractivity contribution in [2.75, 3.05) is 13.3 Å². The molecule has 3 aromatic rings. The van der Waals surface area contributed by atoms with E-state index < -0.39 is 0 Å². The van der Waals surface area contributed by atoms with Gasteiger partial charge in [-0.15, -0.1) is 0 Å². The summed E-state index contributed by atoms with van der Waals surface area (Å²) in [7, 11) is 0. The molecule has 0 saturated carbocycles. The molecule has 0 bridgehead atoms. The maximum Gasteiger partial charge on any atom is 0.339 e. The molecule has 2 aromatic carbocycles. The number of benzene rings is 2. The highest BCUT2D eigenvalue weighted by molar-refractivity contribution is 5.86. The quantitative estimate of drug-likeness (QED) is 0.655. The second-order valence-corrected chi connectivity index (χ2v) is 7.72. The van der Waals surface area contributed by atoms with E-state index in [-0.39, 0.29) is 5.63 Å². The Morgan fingerprint density at radius 2 is 1.85 bits per heavy atom. The first kappa shape index (κ1) is 16.6. The summed E-state index contributed by atoms with van der Waals surface area (Å²) in [6.45, 7) is 4.44. The van der Waals surface area contributed by atoms with Gasteiger partial charge in [0.1, 0.15) is 18.1 Å². The highest BCUT2D eigenvalue weighted by atomic mass is 16.5. The van der Waals surface area contributed by atoms with E-state index >= 15 is 0 Å². The van der Waals surface area contributed by atoms with Gasteiger partial charge in [0.25, 0.3) is 0 Å². The topological polar surface area (TPSA) is 42.7 Å². The summed E-state index contributed by atoms with van der Waals surface area (Å²) < 4.78 is 11.8. The summed E-state index contributed by atoms with van der Waals surface area (Å²) >= 11 is 0. The van der Waals surface area contributed by atoms with E-state index in [9.17, 15) is 4.79 Å². The predicted octanol–water partition coefficient (Wildman–Crippen LogP) is 4.24. The Bertz CT molecular complexity index is 1050. The maximum atomic E-state index is 12.4. The van der Waals surface area contributed by atoms with Crippen LogP contribution >= 0.6 is 0 Å². The van der Waals surface area contributed by atoms with Crippen molar-refractivity contribution in [3.05, 3.63) is 75.1 Å². The molecule has 138 valence electrons. The molecule has 1 aromatic heterocycles. The largest absolute Gasteiger partial charge is 0.478 e. The second kappa shape index (κ2) is 6.54. The van der Waals surface area contributed by atoms with Gasteiger partial charge in [-0.25, -0.2) is 4.79 Å². The molecule has 0 unspecified atom stereocenters. The van der Waals surface area contributed by atoms with Crippen molar-refractivity contribution in [2.24, 2.45) is 0 Å². The van der Waals surface area contributed by atoms with Crippen LogP contribution in [0, 0.1) is 0 Å². The lowest BCUT2D eigenvalue weighted by Gasteiger charge is -2.31. The average Bonchev–Trinajstić information content (AvgIpc) is 3.19. The average molecular weight is 361 g/mol. The van der Waals surface area contributed by atoms with Gasteiger partial charge < -0.3 is 9.15 Å². The zero-order chi connectivity index (χ0) is 18.4. The lowest BCUT2D eigenvalue weighted by Crippen LogP contribution is -2.35. The van der Waals surface area contributed by atoms with Crippen LogP contribution in [0.15, 0.2) is 51.7 Å². The van der Waals surface area contributed by atoms with Crippen LogP contribution in [0.2, 0.25) is 0 Å². The van der Waals surface area contributed by atoms with Gasteiger partial charge in [0.05, 0.1) is 5.56 Å². The summed E-state index contributed by atoms with van der Waals surface area (Å²) in [5, 5.41) is 1.09. The number of hydrogen-bond acceptors (Lipinski definition) is 4. The van der Waals surface area contributed by atoms with Gasteiger partial charge in [-0.2, -0.15) is 0 Å². The Hall–Kier alpha value is -2.59.